The van der Waals surface area contributed by atoms with Crippen LogP contribution < -0.4 is 31.3 Å². The molecule has 0 bridgehead atoms. The SMILES string of the molecule is CC(C)NC(=O)OC[C@H]1CC[C@@H](c2cc(Nc3ncc(Br)n4nccc34)[n+](C3=CN=C(Nc4cc([C@H]5CC[C@@H](OC(=O)NC6(C)CC6)[C@@H]5F)[nH]n4)N4C=C(OC(F)(F)F)NC34C)[nH]2)[C@H]1F. The molecule has 25 heteroatoms. The number of ether oxygens (including phenoxy) is 3. The Kier molecular flexibility index (Phi) is 11.3. The Balaban J connectivity index is 1.02. The molecular formula is C40H47BrF5N14O5+. The second kappa shape index (κ2) is 16.7. The van der Waals surface area contributed by atoms with Crippen LogP contribution in [0.3, 0.4) is 0 Å². The van der Waals surface area contributed by atoms with Crippen LogP contribution in [0.15, 0.2) is 58.5 Å². The van der Waals surface area contributed by atoms with E-state index in [9.17, 15) is 22.8 Å². The average Bonchev–Trinajstić information content (AvgIpc) is 3.93. The van der Waals surface area contributed by atoms with E-state index in [0.29, 0.717) is 58.8 Å². The van der Waals surface area contributed by atoms with E-state index in [1.54, 1.807) is 49.7 Å². The maximum atomic E-state index is 16.3. The lowest BCUT2D eigenvalue weighted by atomic mass is 10.00. The van der Waals surface area contributed by atoms with Gasteiger partial charge in [-0.1, -0.05) is 0 Å². The molecule has 4 aromatic rings. The van der Waals surface area contributed by atoms with Crippen molar-refractivity contribution in [3.63, 3.8) is 0 Å². The van der Waals surface area contributed by atoms with Crippen LogP contribution in [-0.4, -0.2) is 102 Å². The highest BCUT2D eigenvalue weighted by molar-refractivity contribution is 9.10. The molecule has 3 aliphatic carbocycles. The maximum absolute atomic E-state index is 16.3. The van der Waals surface area contributed by atoms with Crippen molar-refractivity contribution in [2.45, 2.75) is 120 Å². The number of aliphatic imine (C=N–C) groups is 1. The predicted octanol–water partition coefficient (Wildman–Crippen LogP) is 6.64. The normalized spacial score (nSPS) is 26.8. The van der Waals surface area contributed by atoms with Gasteiger partial charge in [-0.05, 0) is 88.2 Å². The predicted molar refractivity (Wildman–Crippen MR) is 225 cm³/mol. The second-order valence-electron chi connectivity index (χ2n) is 17.6. The first kappa shape index (κ1) is 44.1. The van der Waals surface area contributed by atoms with Crippen LogP contribution in [0.2, 0.25) is 0 Å². The number of amides is 2. The van der Waals surface area contributed by atoms with Gasteiger partial charge >= 0.3 is 24.4 Å². The monoisotopic (exact) mass is 977 g/mol. The van der Waals surface area contributed by atoms with Gasteiger partial charge in [-0.15, -0.1) is 17.9 Å². The van der Waals surface area contributed by atoms with E-state index in [2.05, 4.69) is 77.6 Å². The van der Waals surface area contributed by atoms with E-state index < -0.39 is 66.3 Å². The Bertz CT molecular complexity index is 2570. The van der Waals surface area contributed by atoms with Crippen molar-refractivity contribution in [1.29, 1.82) is 0 Å². The lowest BCUT2D eigenvalue weighted by molar-refractivity contribution is -0.634. The smallest absolute Gasteiger partial charge is 0.449 e. The highest BCUT2D eigenvalue weighted by Gasteiger charge is 2.52. The van der Waals surface area contributed by atoms with Crippen molar-refractivity contribution in [2.24, 2.45) is 10.9 Å². The Morgan fingerprint density at radius 2 is 1.82 bits per heavy atom. The number of aromatic nitrogens is 7. The maximum Gasteiger partial charge on any atom is 0.574 e. The summed E-state index contributed by atoms with van der Waals surface area (Å²) in [6.07, 6.45) is -1.58. The van der Waals surface area contributed by atoms with Gasteiger partial charge in [0, 0.05) is 41.1 Å². The number of fused-ring (bicyclic) bond motifs is 2. The number of nitrogens with one attached hydrogen (secondary N) is 7. The van der Waals surface area contributed by atoms with Crippen molar-refractivity contribution >= 4 is 62.7 Å². The van der Waals surface area contributed by atoms with Gasteiger partial charge in [-0.3, -0.25) is 10.00 Å². The quantitative estimate of drug-likeness (QED) is 0.0588. The molecule has 7 atom stereocenters. The third-order valence-electron chi connectivity index (χ3n) is 12.3. The minimum absolute atomic E-state index is 0.0126. The summed E-state index contributed by atoms with van der Waals surface area (Å²) in [4.78, 5) is 35.2. The number of anilines is 3. The molecule has 2 aliphatic heterocycles. The molecule has 0 saturated heterocycles. The molecule has 19 nitrogen and oxygen atoms in total. The molecule has 0 spiro atoms. The van der Waals surface area contributed by atoms with Gasteiger partial charge in [0.1, 0.15) is 28.6 Å². The van der Waals surface area contributed by atoms with Crippen molar-refractivity contribution in [2.75, 3.05) is 17.2 Å². The fraction of sp³-hybridized carbons (Fsp3) is 0.525. The molecule has 65 heavy (non-hydrogen) atoms. The standard InChI is InChI=1S/C40H46BrF5N14O5/c1-19(2)50-36(61)63-18-20-5-6-22(32(20)42)24-14-30(52-34-25-9-12-49-59(25)28(41)16-47-34)60(57-24)27-15-48-35(58-17-31(53-39(27,58)4)65-40(44,45)46)51-29-13-23(55-56-29)21-7-8-26(33(21)43)64-37(62)54-38(3)10-11-38/h9,12-17,19-22,26,32-33,53H,5-8,10-11,18H2,1-4H3,(H5,47,48,49,50,51,52,54,55,56,57,61,62)/p+1/t20-,21-,22+,26-,32+,33-,39?/m1/s1. The van der Waals surface area contributed by atoms with Crippen LogP contribution in [-0.2, 0) is 14.2 Å². The van der Waals surface area contributed by atoms with E-state index in [1.165, 1.54) is 22.0 Å². The number of carbonyl (C=O) groups is 2. The van der Waals surface area contributed by atoms with Gasteiger partial charge in [0.25, 0.3) is 0 Å². The van der Waals surface area contributed by atoms with Gasteiger partial charge in [0.15, 0.2) is 17.2 Å². The summed E-state index contributed by atoms with van der Waals surface area (Å²) in [6, 6.07) is 4.81. The van der Waals surface area contributed by atoms with Crippen LogP contribution in [0, 0.1) is 5.92 Å². The summed E-state index contributed by atoms with van der Waals surface area (Å²) in [7, 11) is 0. The minimum atomic E-state index is -5.07. The lowest BCUT2D eigenvalue weighted by Crippen LogP contribution is -2.62. The molecule has 3 fully saturated rings. The summed E-state index contributed by atoms with van der Waals surface area (Å²) >= 11 is 3.44. The van der Waals surface area contributed by atoms with Gasteiger partial charge in [-0.25, -0.2) is 43.3 Å². The summed E-state index contributed by atoms with van der Waals surface area (Å²) in [5, 5.41) is 29.3. The van der Waals surface area contributed by atoms with Crippen molar-refractivity contribution < 1.29 is 50.4 Å². The number of H-pyrrole nitrogens is 2. The van der Waals surface area contributed by atoms with Crippen LogP contribution in [0.5, 0.6) is 0 Å². The van der Waals surface area contributed by atoms with E-state index in [0.717, 1.165) is 19.0 Å². The number of alkyl halides is 5. The summed E-state index contributed by atoms with van der Waals surface area (Å²) in [5.74, 6) is -1.79. The summed E-state index contributed by atoms with van der Waals surface area (Å²) < 4.78 is 92.3. The average molecular weight is 979 g/mol. The molecule has 5 aliphatic rings. The molecule has 1 unspecified atom stereocenters. The highest BCUT2D eigenvalue weighted by atomic mass is 79.9. The second-order valence-corrected chi connectivity index (χ2v) is 18.4. The third-order valence-corrected chi connectivity index (χ3v) is 12.9. The molecule has 7 N–H and O–H groups in total. The zero-order valence-electron chi connectivity index (χ0n) is 35.5. The molecule has 6 heterocycles. The van der Waals surface area contributed by atoms with Crippen LogP contribution >= 0.6 is 15.9 Å². The van der Waals surface area contributed by atoms with Crippen LogP contribution in [0.1, 0.15) is 89.4 Å². The zero-order chi connectivity index (χ0) is 46.0. The molecule has 9 rings (SSSR count). The Labute approximate surface area is 376 Å². The first-order chi connectivity index (χ1) is 30.9. The molecule has 2 amide bonds. The van der Waals surface area contributed by atoms with E-state index >= 15 is 8.78 Å². The number of rotatable bonds is 12. The van der Waals surface area contributed by atoms with Crippen molar-refractivity contribution in [1.82, 2.24) is 50.7 Å². The molecule has 4 aromatic heterocycles. The largest absolute Gasteiger partial charge is 0.574 e. The number of hydrogen-bond acceptors (Lipinski definition) is 13. The van der Waals surface area contributed by atoms with Gasteiger partial charge < -0.3 is 35.5 Å². The van der Waals surface area contributed by atoms with E-state index in [-0.39, 0.29) is 35.7 Å². The fourth-order valence-corrected chi connectivity index (χ4v) is 9.10. The fourth-order valence-electron chi connectivity index (χ4n) is 8.71. The van der Waals surface area contributed by atoms with Gasteiger partial charge in [0.2, 0.25) is 17.7 Å². The number of nitrogens with zero attached hydrogens (tertiary/aromatic N) is 7. The minimum Gasteiger partial charge on any atom is -0.449 e. The molecular weight excluding hydrogens is 931 g/mol. The first-order valence-corrected chi connectivity index (χ1v) is 21.9. The zero-order valence-corrected chi connectivity index (χ0v) is 37.1. The highest BCUT2D eigenvalue weighted by Crippen LogP contribution is 2.43. The molecule has 3 saturated carbocycles. The summed E-state index contributed by atoms with van der Waals surface area (Å²) in [6.45, 7) is 6.91. The number of guanidine groups is 1. The number of aromatic amines is 2. The lowest BCUT2D eigenvalue weighted by Gasteiger charge is -2.38. The van der Waals surface area contributed by atoms with Gasteiger partial charge in [0.05, 0.1) is 43.2 Å². The van der Waals surface area contributed by atoms with Crippen molar-refractivity contribution in [3.05, 3.63) is 64.9 Å². The molecule has 348 valence electrons. The number of hydrogen-bond donors (Lipinski definition) is 7. The summed E-state index contributed by atoms with van der Waals surface area (Å²) in [5.41, 5.74) is -0.265. The number of carbonyl (C=O) groups excluding carboxylic acids is 2. The first-order valence-electron chi connectivity index (χ1n) is 21.1. The van der Waals surface area contributed by atoms with Crippen LogP contribution in [0.25, 0.3) is 11.2 Å². The van der Waals surface area contributed by atoms with Crippen molar-refractivity contribution in [3.8, 4) is 0 Å². The van der Waals surface area contributed by atoms with Gasteiger partial charge in [-0.2, -0.15) is 10.2 Å². The Morgan fingerprint density at radius 3 is 2.57 bits per heavy atom. The Hall–Kier alpha value is -6.14. The molecule has 0 radical (unpaired) electrons. The van der Waals surface area contributed by atoms with E-state index in [1.807, 2.05) is 6.92 Å². The van der Waals surface area contributed by atoms with E-state index in [4.69, 9.17) is 9.47 Å². The topological polar surface area (TPSA) is 216 Å². The Morgan fingerprint density at radius 1 is 1.05 bits per heavy atom. The van der Waals surface area contributed by atoms with Crippen LogP contribution in [0.4, 0.5) is 49.0 Å². The number of halogens is 6. The number of alkyl carbamates (subject to hydrolysis) is 2. The third kappa shape index (κ3) is 8.97. The molecule has 0 aromatic carbocycles.